The molecule has 2 amide bonds. The van der Waals surface area contributed by atoms with Gasteiger partial charge in [-0.25, -0.2) is 4.39 Å². The van der Waals surface area contributed by atoms with Crippen LogP contribution in [-0.4, -0.2) is 16.1 Å². The van der Waals surface area contributed by atoms with E-state index in [0.29, 0.717) is 27.5 Å². The van der Waals surface area contributed by atoms with Gasteiger partial charge in [0, 0.05) is 22.3 Å². The number of nitriles is 1. The van der Waals surface area contributed by atoms with Gasteiger partial charge < -0.3 is 10.6 Å². The summed E-state index contributed by atoms with van der Waals surface area (Å²) in [7, 11) is 0. The third-order valence-electron chi connectivity index (χ3n) is 5.32. The number of anilines is 2. The molecular weight excluding hydrogens is 523 g/mol. The Morgan fingerprint density at radius 2 is 1.62 bits per heavy atom. The number of hydrogen-bond donors (Lipinski definition) is 2. The third-order valence-corrected chi connectivity index (χ3v) is 6.81. The standard InChI is InChI=1S/C24H14Cl4FN3O2/c25-14-8-12(11-30)7-13(9-14)20-21(24(20,27)28)23(34)32-17-5-6-19(26)18(10-17)22(33)31-16-3-1-15(29)2-4-16/h1-10,20-21H,(H,31,33)(H,32,34). The van der Waals surface area contributed by atoms with Gasteiger partial charge in [0.2, 0.25) is 5.91 Å². The van der Waals surface area contributed by atoms with Crippen LogP contribution >= 0.6 is 46.4 Å². The number of hydrogen-bond acceptors (Lipinski definition) is 3. The molecule has 5 nitrogen and oxygen atoms in total. The van der Waals surface area contributed by atoms with Gasteiger partial charge in [-0.1, -0.05) is 23.2 Å². The molecule has 3 aromatic carbocycles. The zero-order valence-corrected chi connectivity index (χ0v) is 20.1. The second-order valence-electron chi connectivity index (χ2n) is 7.66. The van der Waals surface area contributed by atoms with Gasteiger partial charge in [0.1, 0.15) is 10.2 Å². The molecule has 10 heteroatoms. The predicted octanol–water partition coefficient (Wildman–Crippen LogP) is 6.78. The maximum Gasteiger partial charge on any atom is 0.257 e. The molecule has 34 heavy (non-hydrogen) atoms. The molecule has 0 radical (unpaired) electrons. The topological polar surface area (TPSA) is 82.0 Å². The van der Waals surface area contributed by atoms with Crippen LogP contribution in [-0.2, 0) is 4.79 Å². The van der Waals surface area contributed by atoms with Crippen LogP contribution in [0.1, 0.15) is 27.4 Å². The van der Waals surface area contributed by atoms with Crippen LogP contribution in [0.3, 0.4) is 0 Å². The average molecular weight is 537 g/mol. The number of rotatable bonds is 5. The number of halogens is 5. The SMILES string of the molecule is N#Cc1cc(Cl)cc(C2C(C(=O)Nc3ccc(Cl)c(C(=O)Nc4ccc(F)cc4)c3)C2(Cl)Cl)c1. The number of carbonyl (C=O) groups excluding carboxylic acids is 2. The molecule has 0 bridgehead atoms. The van der Waals surface area contributed by atoms with Gasteiger partial charge in [-0.05, 0) is 66.2 Å². The highest BCUT2D eigenvalue weighted by Crippen LogP contribution is 2.65. The summed E-state index contributed by atoms with van der Waals surface area (Å²) in [5.41, 5.74) is 1.69. The summed E-state index contributed by atoms with van der Waals surface area (Å²) >= 11 is 25.0. The molecule has 1 aliphatic carbocycles. The van der Waals surface area contributed by atoms with E-state index < -0.39 is 33.8 Å². The Kier molecular flexibility index (Phi) is 6.75. The van der Waals surface area contributed by atoms with E-state index in [9.17, 15) is 19.2 Å². The fourth-order valence-corrected chi connectivity index (χ4v) is 4.93. The van der Waals surface area contributed by atoms with E-state index in [0.717, 1.165) is 0 Å². The van der Waals surface area contributed by atoms with E-state index in [1.165, 1.54) is 48.5 Å². The van der Waals surface area contributed by atoms with Crippen LogP contribution < -0.4 is 10.6 Å². The molecule has 0 spiro atoms. The van der Waals surface area contributed by atoms with Crippen molar-refractivity contribution in [2.24, 2.45) is 5.92 Å². The van der Waals surface area contributed by atoms with Crippen molar-refractivity contribution < 1.29 is 14.0 Å². The van der Waals surface area contributed by atoms with Gasteiger partial charge in [0.05, 0.1) is 28.1 Å². The molecular formula is C24H14Cl4FN3O2. The van der Waals surface area contributed by atoms with Gasteiger partial charge in [-0.2, -0.15) is 5.26 Å². The van der Waals surface area contributed by atoms with Crippen molar-refractivity contribution in [3.63, 3.8) is 0 Å². The zero-order valence-electron chi connectivity index (χ0n) is 17.1. The minimum absolute atomic E-state index is 0.104. The van der Waals surface area contributed by atoms with Crippen LogP contribution in [0, 0.1) is 23.1 Å². The Morgan fingerprint density at radius 3 is 2.29 bits per heavy atom. The largest absolute Gasteiger partial charge is 0.326 e. The van der Waals surface area contributed by atoms with E-state index in [1.54, 1.807) is 12.1 Å². The molecule has 0 aliphatic heterocycles. The lowest BCUT2D eigenvalue weighted by Crippen LogP contribution is -2.18. The first-order valence-corrected chi connectivity index (χ1v) is 11.4. The van der Waals surface area contributed by atoms with Gasteiger partial charge in [0.25, 0.3) is 5.91 Å². The summed E-state index contributed by atoms with van der Waals surface area (Å²) in [6.45, 7) is 0. The lowest BCUT2D eigenvalue weighted by Gasteiger charge is -2.10. The second-order valence-corrected chi connectivity index (χ2v) is 9.95. The quantitative estimate of drug-likeness (QED) is 0.352. The summed E-state index contributed by atoms with van der Waals surface area (Å²) < 4.78 is 11.7. The minimum atomic E-state index is -1.39. The summed E-state index contributed by atoms with van der Waals surface area (Å²) in [4.78, 5) is 25.6. The fraction of sp³-hybridized carbons (Fsp3) is 0.125. The van der Waals surface area contributed by atoms with Crippen molar-refractivity contribution in [3.8, 4) is 6.07 Å². The Balaban J connectivity index is 1.51. The molecule has 172 valence electrons. The van der Waals surface area contributed by atoms with Crippen LogP contribution in [0.25, 0.3) is 0 Å². The smallest absolute Gasteiger partial charge is 0.257 e. The normalized spacial score (nSPS) is 18.0. The summed E-state index contributed by atoms with van der Waals surface area (Å²) in [5, 5.41) is 15.0. The average Bonchev–Trinajstić information content (AvgIpc) is 3.38. The van der Waals surface area contributed by atoms with Gasteiger partial charge in [-0.15, -0.1) is 23.2 Å². The number of amides is 2. The van der Waals surface area contributed by atoms with E-state index >= 15 is 0 Å². The van der Waals surface area contributed by atoms with Crippen molar-refractivity contribution in [2.75, 3.05) is 10.6 Å². The Morgan fingerprint density at radius 1 is 0.941 bits per heavy atom. The fourth-order valence-electron chi connectivity index (χ4n) is 3.65. The van der Waals surface area contributed by atoms with Crippen molar-refractivity contribution >= 4 is 69.6 Å². The molecule has 0 saturated heterocycles. The van der Waals surface area contributed by atoms with Crippen LogP contribution in [0.15, 0.2) is 60.7 Å². The highest BCUT2D eigenvalue weighted by Gasteiger charge is 2.67. The number of nitrogens with one attached hydrogen (secondary N) is 2. The molecule has 2 atom stereocenters. The van der Waals surface area contributed by atoms with Gasteiger partial charge in [-0.3, -0.25) is 9.59 Å². The highest BCUT2D eigenvalue weighted by atomic mass is 35.5. The predicted molar refractivity (Wildman–Crippen MR) is 131 cm³/mol. The maximum absolute atomic E-state index is 13.1. The maximum atomic E-state index is 13.1. The van der Waals surface area contributed by atoms with E-state index in [-0.39, 0.29) is 10.6 Å². The zero-order chi connectivity index (χ0) is 24.6. The van der Waals surface area contributed by atoms with Crippen LogP contribution in [0.4, 0.5) is 15.8 Å². The monoisotopic (exact) mass is 535 g/mol. The molecule has 0 heterocycles. The molecule has 1 fully saturated rings. The highest BCUT2D eigenvalue weighted by molar-refractivity contribution is 6.53. The molecule has 2 unspecified atom stereocenters. The minimum Gasteiger partial charge on any atom is -0.326 e. The first kappa shape index (κ1) is 24.3. The molecule has 1 aliphatic rings. The van der Waals surface area contributed by atoms with Gasteiger partial charge >= 0.3 is 0 Å². The van der Waals surface area contributed by atoms with Crippen molar-refractivity contribution in [2.45, 2.75) is 10.3 Å². The Hall–Kier alpha value is -2.82. The van der Waals surface area contributed by atoms with E-state index in [1.807, 2.05) is 6.07 Å². The van der Waals surface area contributed by atoms with Crippen LogP contribution in [0.5, 0.6) is 0 Å². The summed E-state index contributed by atoms with van der Waals surface area (Å²) in [5.74, 6) is -2.83. The van der Waals surface area contributed by atoms with Crippen LogP contribution in [0.2, 0.25) is 10.0 Å². The van der Waals surface area contributed by atoms with Crippen molar-refractivity contribution in [1.29, 1.82) is 5.26 Å². The number of carbonyl (C=O) groups is 2. The first-order valence-electron chi connectivity index (χ1n) is 9.86. The lowest BCUT2D eigenvalue weighted by atomic mass is 10.1. The summed E-state index contributed by atoms with van der Waals surface area (Å²) in [6.07, 6.45) is 0. The number of benzene rings is 3. The molecule has 3 aromatic rings. The van der Waals surface area contributed by atoms with Crippen molar-refractivity contribution in [1.82, 2.24) is 0 Å². The molecule has 2 N–H and O–H groups in total. The van der Waals surface area contributed by atoms with E-state index in [2.05, 4.69) is 10.6 Å². The Bertz CT molecular complexity index is 1340. The first-order chi connectivity index (χ1) is 16.1. The van der Waals surface area contributed by atoms with Gasteiger partial charge in [0.15, 0.2) is 0 Å². The molecule has 0 aromatic heterocycles. The molecule has 1 saturated carbocycles. The van der Waals surface area contributed by atoms with E-state index in [4.69, 9.17) is 46.4 Å². The second kappa shape index (κ2) is 9.44. The van der Waals surface area contributed by atoms with Crippen molar-refractivity contribution in [3.05, 3.63) is 93.2 Å². The lowest BCUT2D eigenvalue weighted by molar-refractivity contribution is -0.117. The number of alkyl halides is 2. The Labute approximate surface area is 214 Å². The molecule has 4 rings (SSSR count). The summed E-state index contributed by atoms with van der Waals surface area (Å²) in [6, 6.07) is 16.4. The third kappa shape index (κ3) is 4.98. The number of nitrogens with zero attached hydrogens (tertiary/aromatic N) is 1.